The molecular formula is C15H14O2. The molecule has 0 aromatic heterocycles. The van der Waals surface area contributed by atoms with E-state index in [0.717, 1.165) is 11.1 Å². The SMILES string of the molecule is CC1(c2ccccc2)OC1c1ccccc1O. The average molecular weight is 226 g/mol. The van der Waals surface area contributed by atoms with Gasteiger partial charge in [-0.05, 0) is 18.6 Å². The van der Waals surface area contributed by atoms with Crippen molar-refractivity contribution < 1.29 is 9.84 Å². The standard InChI is InChI=1S/C15H14O2/c1-15(11-7-3-2-4-8-11)14(17-15)12-9-5-6-10-13(12)16/h2-10,14,16H,1H3. The molecule has 1 saturated heterocycles. The second kappa shape index (κ2) is 3.60. The van der Waals surface area contributed by atoms with Crippen LogP contribution in [0.5, 0.6) is 5.75 Å². The maximum Gasteiger partial charge on any atom is 0.122 e. The van der Waals surface area contributed by atoms with Crippen molar-refractivity contribution in [2.24, 2.45) is 0 Å². The van der Waals surface area contributed by atoms with Gasteiger partial charge in [0.2, 0.25) is 0 Å². The summed E-state index contributed by atoms with van der Waals surface area (Å²) >= 11 is 0. The molecule has 2 atom stereocenters. The van der Waals surface area contributed by atoms with Crippen molar-refractivity contribution in [2.45, 2.75) is 18.6 Å². The van der Waals surface area contributed by atoms with E-state index in [1.807, 2.05) is 36.4 Å². The summed E-state index contributed by atoms with van der Waals surface area (Å²) in [4.78, 5) is 0. The highest BCUT2D eigenvalue weighted by Crippen LogP contribution is 2.58. The van der Waals surface area contributed by atoms with Gasteiger partial charge in [-0.1, -0.05) is 48.5 Å². The largest absolute Gasteiger partial charge is 0.508 e. The van der Waals surface area contributed by atoms with E-state index in [1.165, 1.54) is 0 Å². The zero-order chi connectivity index (χ0) is 11.9. The number of rotatable bonds is 2. The first kappa shape index (κ1) is 10.4. The van der Waals surface area contributed by atoms with Crippen LogP contribution >= 0.6 is 0 Å². The summed E-state index contributed by atoms with van der Waals surface area (Å²) in [6.45, 7) is 2.06. The summed E-state index contributed by atoms with van der Waals surface area (Å²) < 4.78 is 5.80. The molecule has 1 aliphatic rings. The Hall–Kier alpha value is -1.80. The highest BCUT2D eigenvalue weighted by Gasteiger charge is 2.55. The number of hydrogen-bond acceptors (Lipinski definition) is 2. The quantitative estimate of drug-likeness (QED) is 0.796. The van der Waals surface area contributed by atoms with Crippen molar-refractivity contribution in [1.29, 1.82) is 0 Å². The van der Waals surface area contributed by atoms with Crippen LogP contribution in [-0.2, 0) is 10.3 Å². The number of ether oxygens (including phenoxy) is 1. The third-order valence-corrected chi connectivity index (χ3v) is 3.37. The fourth-order valence-electron chi connectivity index (χ4n) is 2.27. The lowest BCUT2D eigenvalue weighted by atomic mass is 9.93. The van der Waals surface area contributed by atoms with Crippen molar-refractivity contribution in [1.82, 2.24) is 0 Å². The number of aromatic hydroxyl groups is 1. The first-order valence-corrected chi connectivity index (χ1v) is 5.73. The summed E-state index contributed by atoms with van der Waals surface area (Å²) in [6, 6.07) is 17.5. The molecule has 0 spiro atoms. The molecule has 0 bridgehead atoms. The van der Waals surface area contributed by atoms with Crippen LogP contribution in [0.3, 0.4) is 0 Å². The second-order valence-corrected chi connectivity index (χ2v) is 4.53. The van der Waals surface area contributed by atoms with E-state index in [2.05, 4.69) is 19.1 Å². The topological polar surface area (TPSA) is 32.8 Å². The molecule has 1 fully saturated rings. The average Bonchev–Trinajstić information content (AvgIpc) is 3.05. The van der Waals surface area contributed by atoms with E-state index in [0.29, 0.717) is 5.75 Å². The van der Waals surface area contributed by atoms with Gasteiger partial charge in [0.05, 0.1) is 0 Å². The van der Waals surface area contributed by atoms with Crippen molar-refractivity contribution >= 4 is 0 Å². The van der Waals surface area contributed by atoms with Crippen LogP contribution in [0.4, 0.5) is 0 Å². The lowest BCUT2D eigenvalue weighted by Crippen LogP contribution is -2.03. The van der Waals surface area contributed by atoms with Gasteiger partial charge >= 0.3 is 0 Å². The second-order valence-electron chi connectivity index (χ2n) is 4.53. The normalized spacial score (nSPS) is 26.8. The molecular weight excluding hydrogens is 212 g/mol. The Morgan fingerprint density at radius 3 is 2.35 bits per heavy atom. The van der Waals surface area contributed by atoms with Crippen molar-refractivity contribution in [3.05, 3.63) is 65.7 Å². The van der Waals surface area contributed by atoms with Crippen molar-refractivity contribution in [3.8, 4) is 5.75 Å². The molecule has 1 N–H and O–H groups in total. The summed E-state index contributed by atoms with van der Waals surface area (Å²) in [6.07, 6.45) is -0.0499. The molecule has 0 radical (unpaired) electrons. The molecule has 86 valence electrons. The molecule has 2 nitrogen and oxygen atoms in total. The van der Waals surface area contributed by atoms with E-state index in [1.54, 1.807) is 6.07 Å². The Bertz CT molecular complexity index is 536. The summed E-state index contributed by atoms with van der Waals surface area (Å²) in [5, 5.41) is 9.82. The van der Waals surface area contributed by atoms with Crippen molar-refractivity contribution in [3.63, 3.8) is 0 Å². The number of epoxide rings is 1. The van der Waals surface area contributed by atoms with Crippen LogP contribution in [-0.4, -0.2) is 5.11 Å². The van der Waals surface area contributed by atoms with Gasteiger partial charge in [-0.3, -0.25) is 0 Å². The zero-order valence-corrected chi connectivity index (χ0v) is 9.63. The lowest BCUT2D eigenvalue weighted by molar-refractivity contribution is 0.312. The molecule has 2 aromatic carbocycles. The van der Waals surface area contributed by atoms with Gasteiger partial charge in [-0.25, -0.2) is 0 Å². The highest BCUT2D eigenvalue weighted by molar-refractivity contribution is 5.41. The molecule has 0 aliphatic carbocycles. The number of phenols is 1. The fourth-order valence-corrected chi connectivity index (χ4v) is 2.27. The van der Waals surface area contributed by atoms with Gasteiger partial charge in [0.25, 0.3) is 0 Å². The van der Waals surface area contributed by atoms with Crippen LogP contribution < -0.4 is 0 Å². The lowest BCUT2D eigenvalue weighted by Gasteiger charge is -2.07. The predicted octanol–water partition coefficient (Wildman–Crippen LogP) is 3.38. The number of phenolic OH excluding ortho intramolecular Hbond substituents is 1. The van der Waals surface area contributed by atoms with Crippen LogP contribution in [0.1, 0.15) is 24.2 Å². The van der Waals surface area contributed by atoms with Gasteiger partial charge in [-0.2, -0.15) is 0 Å². The van der Waals surface area contributed by atoms with E-state index in [-0.39, 0.29) is 11.7 Å². The van der Waals surface area contributed by atoms with E-state index >= 15 is 0 Å². The zero-order valence-electron chi connectivity index (χ0n) is 9.63. The minimum absolute atomic E-state index is 0.0499. The number of hydrogen-bond donors (Lipinski definition) is 1. The Labute approximate surface area is 100 Å². The first-order chi connectivity index (χ1) is 8.22. The van der Waals surface area contributed by atoms with E-state index in [4.69, 9.17) is 4.74 Å². The Morgan fingerprint density at radius 2 is 1.65 bits per heavy atom. The number of benzene rings is 2. The molecule has 1 heterocycles. The molecule has 1 aliphatic heterocycles. The molecule has 2 aromatic rings. The van der Waals surface area contributed by atoms with E-state index < -0.39 is 0 Å². The minimum atomic E-state index is -0.305. The van der Waals surface area contributed by atoms with Crippen LogP contribution in [0.25, 0.3) is 0 Å². The highest BCUT2D eigenvalue weighted by atomic mass is 16.6. The van der Waals surface area contributed by atoms with Crippen LogP contribution in [0.2, 0.25) is 0 Å². The minimum Gasteiger partial charge on any atom is -0.508 e. The third-order valence-electron chi connectivity index (χ3n) is 3.37. The molecule has 17 heavy (non-hydrogen) atoms. The number of para-hydroxylation sites is 1. The van der Waals surface area contributed by atoms with Gasteiger partial charge in [0, 0.05) is 5.56 Å². The fraction of sp³-hybridized carbons (Fsp3) is 0.200. The summed E-state index contributed by atoms with van der Waals surface area (Å²) in [5.41, 5.74) is 1.70. The van der Waals surface area contributed by atoms with Crippen LogP contribution in [0.15, 0.2) is 54.6 Å². The van der Waals surface area contributed by atoms with Gasteiger partial charge in [0.1, 0.15) is 17.5 Å². The van der Waals surface area contributed by atoms with Gasteiger partial charge in [0.15, 0.2) is 0 Å². The predicted molar refractivity (Wildman–Crippen MR) is 65.7 cm³/mol. The van der Waals surface area contributed by atoms with Gasteiger partial charge < -0.3 is 9.84 Å². The summed E-state index contributed by atoms with van der Waals surface area (Å²) in [5.74, 6) is 0.303. The molecule has 0 saturated carbocycles. The van der Waals surface area contributed by atoms with Crippen molar-refractivity contribution in [2.75, 3.05) is 0 Å². The Morgan fingerprint density at radius 1 is 1.00 bits per heavy atom. The summed E-state index contributed by atoms with van der Waals surface area (Å²) in [7, 11) is 0. The molecule has 0 amide bonds. The maximum absolute atomic E-state index is 9.82. The monoisotopic (exact) mass is 226 g/mol. The van der Waals surface area contributed by atoms with Gasteiger partial charge in [-0.15, -0.1) is 0 Å². The van der Waals surface area contributed by atoms with Crippen LogP contribution in [0, 0.1) is 0 Å². The first-order valence-electron chi connectivity index (χ1n) is 5.73. The molecule has 3 rings (SSSR count). The Balaban J connectivity index is 1.94. The third kappa shape index (κ3) is 1.61. The Kier molecular flexibility index (Phi) is 2.20. The maximum atomic E-state index is 9.82. The smallest absolute Gasteiger partial charge is 0.122 e. The molecule has 2 unspecified atom stereocenters. The van der Waals surface area contributed by atoms with E-state index in [9.17, 15) is 5.11 Å². The molecule has 2 heteroatoms.